The number of carbonyl (C=O) groups is 1. The van der Waals surface area contributed by atoms with Crippen LogP contribution >= 0.6 is 12.2 Å². The van der Waals surface area contributed by atoms with Crippen molar-refractivity contribution in [1.82, 2.24) is 0 Å². The lowest BCUT2D eigenvalue weighted by Gasteiger charge is -2.07. The van der Waals surface area contributed by atoms with Crippen LogP contribution in [0, 0.1) is 5.82 Å². The molecule has 0 saturated carbocycles. The molecule has 0 radical (unpaired) electrons. The van der Waals surface area contributed by atoms with Gasteiger partial charge in [0.05, 0.1) is 4.99 Å². The first kappa shape index (κ1) is 14.1. The van der Waals surface area contributed by atoms with Gasteiger partial charge < -0.3 is 11.1 Å². The fourth-order valence-electron chi connectivity index (χ4n) is 1.76. The number of halogens is 1. The van der Waals surface area contributed by atoms with E-state index in [0.717, 1.165) is 5.56 Å². The second-order valence-electron chi connectivity index (χ2n) is 4.30. The molecule has 2 rings (SSSR count). The first-order valence-corrected chi connectivity index (χ1v) is 6.39. The average Bonchev–Trinajstić information content (AvgIpc) is 2.41. The molecule has 0 aromatic heterocycles. The van der Waals surface area contributed by atoms with Crippen LogP contribution in [0.3, 0.4) is 0 Å². The molecular weight excluding hydrogens is 275 g/mol. The molecule has 0 fully saturated rings. The Balaban J connectivity index is 2.12. The van der Waals surface area contributed by atoms with Crippen molar-refractivity contribution in [2.75, 3.05) is 5.32 Å². The summed E-state index contributed by atoms with van der Waals surface area (Å²) in [6.45, 7) is 0. The molecule has 0 spiro atoms. The SMILES string of the molecule is NC(=S)Cc1cccc(C(=O)Nc2ccc(F)cc2)c1. The second-order valence-corrected chi connectivity index (χ2v) is 4.83. The molecule has 1 amide bonds. The number of hydrogen-bond acceptors (Lipinski definition) is 2. The number of thiocarbonyl (C=S) groups is 1. The lowest BCUT2D eigenvalue weighted by molar-refractivity contribution is 0.102. The standard InChI is InChI=1S/C15H13FN2OS/c16-12-4-6-13(7-5-12)18-15(19)11-3-1-2-10(8-11)9-14(17)20/h1-8H,9H2,(H2,17,20)(H,18,19). The van der Waals surface area contributed by atoms with E-state index in [9.17, 15) is 9.18 Å². The van der Waals surface area contributed by atoms with E-state index in [1.165, 1.54) is 24.3 Å². The third kappa shape index (κ3) is 3.86. The van der Waals surface area contributed by atoms with Gasteiger partial charge in [-0.1, -0.05) is 24.4 Å². The summed E-state index contributed by atoms with van der Waals surface area (Å²) in [5, 5.41) is 2.70. The Kier molecular flexibility index (Phi) is 4.42. The average molecular weight is 288 g/mol. The second kappa shape index (κ2) is 6.25. The highest BCUT2D eigenvalue weighted by Crippen LogP contribution is 2.12. The van der Waals surface area contributed by atoms with Gasteiger partial charge in [-0.3, -0.25) is 4.79 Å². The Morgan fingerprint density at radius 3 is 2.55 bits per heavy atom. The number of amides is 1. The van der Waals surface area contributed by atoms with Crippen molar-refractivity contribution in [3.05, 3.63) is 65.5 Å². The van der Waals surface area contributed by atoms with E-state index < -0.39 is 0 Å². The molecular formula is C15H13FN2OS. The van der Waals surface area contributed by atoms with Gasteiger partial charge in [0.15, 0.2) is 0 Å². The minimum Gasteiger partial charge on any atom is -0.393 e. The molecule has 5 heteroatoms. The van der Waals surface area contributed by atoms with Gasteiger partial charge in [0.25, 0.3) is 5.91 Å². The number of carbonyl (C=O) groups excluding carboxylic acids is 1. The number of anilines is 1. The topological polar surface area (TPSA) is 55.1 Å². The first-order chi connectivity index (χ1) is 9.54. The van der Waals surface area contributed by atoms with E-state index in [0.29, 0.717) is 22.7 Å². The van der Waals surface area contributed by atoms with Gasteiger partial charge >= 0.3 is 0 Å². The Morgan fingerprint density at radius 1 is 1.20 bits per heavy atom. The Morgan fingerprint density at radius 2 is 1.90 bits per heavy atom. The van der Waals surface area contributed by atoms with E-state index in [1.54, 1.807) is 18.2 Å². The van der Waals surface area contributed by atoms with E-state index >= 15 is 0 Å². The monoisotopic (exact) mass is 288 g/mol. The van der Waals surface area contributed by atoms with Gasteiger partial charge in [0, 0.05) is 17.7 Å². The molecule has 0 saturated heterocycles. The van der Waals surface area contributed by atoms with Crippen LogP contribution in [0.2, 0.25) is 0 Å². The van der Waals surface area contributed by atoms with Crippen LogP contribution < -0.4 is 11.1 Å². The van der Waals surface area contributed by atoms with Crippen LogP contribution in [0.25, 0.3) is 0 Å². The molecule has 0 bridgehead atoms. The summed E-state index contributed by atoms with van der Waals surface area (Å²) in [5.41, 5.74) is 7.40. The number of nitrogens with one attached hydrogen (secondary N) is 1. The smallest absolute Gasteiger partial charge is 0.255 e. The summed E-state index contributed by atoms with van der Waals surface area (Å²) < 4.78 is 12.8. The highest BCUT2D eigenvalue weighted by molar-refractivity contribution is 7.80. The molecule has 20 heavy (non-hydrogen) atoms. The summed E-state index contributed by atoms with van der Waals surface area (Å²) in [6, 6.07) is 12.6. The van der Waals surface area contributed by atoms with Crippen molar-refractivity contribution in [2.24, 2.45) is 5.73 Å². The zero-order chi connectivity index (χ0) is 14.5. The van der Waals surface area contributed by atoms with E-state index in [4.69, 9.17) is 18.0 Å². The molecule has 3 nitrogen and oxygen atoms in total. The van der Waals surface area contributed by atoms with Crippen molar-refractivity contribution in [3.63, 3.8) is 0 Å². The predicted molar refractivity (Wildman–Crippen MR) is 81.3 cm³/mol. The van der Waals surface area contributed by atoms with Crippen molar-refractivity contribution in [3.8, 4) is 0 Å². The van der Waals surface area contributed by atoms with Crippen molar-refractivity contribution < 1.29 is 9.18 Å². The highest BCUT2D eigenvalue weighted by atomic mass is 32.1. The van der Waals surface area contributed by atoms with Gasteiger partial charge in [0.1, 0.15) is 5.82 Å². The maximum Gasteiger partial charge on any atom is 0.255 e. The lowest BCUT2D eigenvalue weighted by atomic mass is 10.1. The van der Waals surface area contributed by atoms with E-state index in [1.807, 2.05) is 6.07 Å². The van der Waals surface area contributed by atoms with Gasteiger partial charge in [-0.05, 0) is 42.0 Å². The summed E-state index contributed by atoms with van der Waals surface area (Å²) in [5.74, 6) is -0.608. The van der Waals surface area contributed by atoms with Crippen molar-refractivity contribution >= 4 is 28.8 Å². The highest BCUT2D eigenvalue weighted by Gasteiger charge is 2.07. The van der Waals surface area contributed by atoms with Crippen LogP contribution in [0.5, 0.6) is 0 Å². The minimum atomic E-state index is -0.346. The molecule has 0 atom stereocenters. The molecule has 3 N–H and O–H groups in total. The minimum absolute atomic E-state index is 0.263. The van der Waals surface area contributed by atoms with E-state index in [-0.39, 0.29) is 11.7 Å². The van der Waals surface area contributed by atoms with Crippen LogP contribution in [0.4, 0.5) is 10.1 Å². The third-order valence-electron chi connectivity index (χ3n) is 2.67. The molecule has 0 aliphatic heterocycles. The van der Waals surface area contributed by atoms with Gasteiger partial charge in [-0.15, -0.1) is 0 Å². The van der Waals surface area contributed by atoms with Crippen LogP contribution in [-0.4, -0.2) is 10.9 Å². The Bertz CT molecular complexity index is 641. The number of rotatable bonds is 4. The van der Waals surface area contributed by atoms with Crippen LogP contribution in [-0.2, 0) is 6.42 Å². The fourth-order valence-corrected chi connectivity index (χ4v) is 1.93. The number of benzene rings is 2. The molecule has 102 valence electrons. The van der Waals surface area contributed by atoms with Gasteiger partial charge in [-0.2, -0.15) is 0 Å². The zero-order valence-electron chi connectivity index (χ0n) is 10.6. The number of hydrogen-bond donors (Lipinski definition) is 2. The molecule has 0 unspecified atom stereocenters. The summed E-state index contributed by atoms with van der Waals surface area (Å²) >= 11 is 4.85. The molecule has 2 aromatic rings. The lowest BCUT2D eigenvalue weighted by Crippen LogP contribution is -2.14. The normalized spacial score (nSPS) is 10.1. The first-order valence-electron chi connectivity index (χ1n) is 5.99. The van der Waals surface area contributed by atoms with Crippen molar-refractivity contribution in [2.45, 2.75) is 6.42 Å². The molecule has 0 aliphatic rings. The Labute approximate surface area is 121 Å². The summed E-state index contributed by atoms with van der Waals surface area (Å²) in [7, 11) is 0. The predicted octanol–water partition coefficient (Wildman–Crippen LogP) is 2.91. The third-order valence-corrected chi connectivity index (χ3v) is 2.81. The quantitative estimate of drug-likeness (QED) is 0.851. The summed E-state index contributed by atoms with van der Waals surface area (Å²) in [6.07, 6.45) is 0.451. The summed E-state index contributed by atoms with van der Waals surface area (Å²) in [4.78, 5) is 12.4. The van der Waals surface area contributed by atoms with Gasteiger partial charge in [0.2, 0.25) is 0 Å². The van der Waals surface area contributed by atoms with E-state index in [2.05, 4.69) is 5.32 Å². The van der Waals surface area contributed by atoms with Crippen LogP contribution in [0.15, 0.2) is 48.5 Å². The fraction of sp³-hybridized carbons (Fsp3) is 0.0667. The van der Waals surface area contributed by atoms with Crippen LogP contribution in [0.1, 0.15) is 15.9 Å². The zero-order valence-corrected chi connectivity index (χ0v) is 11.4. The maximum absolute atomic E-state index is 12.8. The molecule has 0 heterocycles. The number of nitrogens with two attached hydrogens (primary N) is 1. The molecule has 0 aliphatic carbocycles. The van der Waals surface area contributed by atoms with Crippen molar-refractivity contribution in [1.29, 1.82) is 0 Å². The molecule has 2 aromatic carbocycles. The maximum atomic E-state index is 12.8. The Hall–Kier alpha value is -2.27. The van der Waals surface area contributed by atoms with Gasteiger partial charge in [-0.25, -0.2) is 4.39 Å². The largest absolute Gasteiger partial charge is 0.393 e.